The summed E-state index contributed by atoms with van der Waals surface area (Å²) in [5.41, 5.74) is 1.69. The second kappa shape index (κ2) is 8.34. The van der Waals surface area contributed by atoms with Gasteiger partial charge in [-0.2, -0.15) is 5.10 Å². The Labute approximate surface area is 205 Å². The van der Waals surface area contributed by atoms with E-state index in [0.29, 0.717) is 41.3 Å². The van der Waals surface area contributed by atoms with Gasteiger partial charge in [-0.25, -0.2) is 9.59 Å². The molecule has 1 aliphatic rings. The summed E-state index contributed by atoms with van der Waals surface area (Å²) >= 11 is 0. The monoisotopic (exact) mass is 480 g/mol. The first-order chi connectivity index (χ1) is 17.4. The van der Waals surface area contributed by atoms with Gasteiger partial charge in [0.25, 0.3) is 5.56 Å². The second-order valence-electron chi connectivity index (χ2n) is 9.43. The van der Waals surface area contributed by atoms with Gasteiger partial charge in [-0.05, 0) is 47.2 Å². The van der Waals surface area contributed by atoms with Crippen molar-refractivity contribution in [3.8, 4) is 11.3 Å². The fourth-order valence-electron chi connectivity index (χ4n) is 4.88. The Kier molecular flexibility index (Phi) is 5.10. The van der Waals surface area contributed by atoms with Crippen molar-refractivity contribution in [2.24, 2.45) is 13.0 Å². The molecular formula is C28H24N4O4. The number of carboxylic acid groups (broad SMARTS) is 1. The molecule has 36 heavy (non-hydrogen) atoms. The number of hydrogen-bond donors (Lipinski definition) is 1. The normalized spacial score (nSPS) is 13.5. The topological polar surface area (TPSA) is 99.1 Å². The summed E-state index contributed by atoms with van der Waals surface area (Å²) in [5.74, 6) is -0.662. The number of fused-ring (bicyclic) bond motifs is 2. The predicted octanol–water partition coefficient (Wildman–Crippen LogP) is 3.87. The third kappa shape index (κ3) is 3.62. The summed E-state index contributed by atoms with van der Waals surface area (Å²) in [5, 5.41) is 16.9. The first kappa shape index (κ1) is 22.0. The number of aromatic carboxylic acids is 1. The lowest BCUT2D eigenvalue weighted by Gasteiger charge is -2.11. The Hall–Kier alpha value is -4.46. The van der Waals surface area contributed by atoms with Gasteiger partial charge in [0.15, 0.2) is 5.65 Å². The predicted molar refractivity (Wildman–Crippen MR) is 137 cm³/mol. The zero-order chi connectivity index (χ0) is 25.0. The number of hydrogen-bond acceptors (Lipinski definition) is 4. The van der Waals surface area contributed by atoms with E-state index in [-0.39, 0.29) is 11.3 Å². The van der Waals surface area contributed by atoms with E-state index < -0.39 is 11.5 Å². The van der Waals surface area contributed by atoms with Crippen molar-refractivity contribution in [3.05, 3.63) is 98.7 Å². The molecule has 8 nitrogen and oxygen atoms in total. The summed E-state index contributed by atoms with van der Waals surface area (Å²) < 4.78 is 4.45. The molecule has 0 radical (unpaired) electrons. The van der Waals surface area contributed by atoms with Crippen LogP contribution in [0.4, 0.5) is 0 Å². The molecule has 0 aliphatic heterocycles. The maximum Gasteiger partial charge on any atom is 0.335 e. The summed E-state index contributed by atoms with van der Waals surface area (Å²) in [6.45, 7) is 0.854. The molecule has 6 rings (SSSR count). The molecule has 2 heterocycles. The molecule has 0 bridgehead atoms. The molecule has 1 fully saturated rings. The van der Waals surface area contributed by atoms with Crippen LogP contribution >= 0.6 is 0 Å². The van der Waals surface area contributed by atoms with Gasteiger partial charge in [0.05, 0.1) is 17.8 Å². The Balaban J connectivity index is 1.66. The quantitative estimate of drug-likeness (QED) is 0.398. The minimum atomic E-state index is -1.06. The van der Waals surface area contributed by atoms with Crippen LogP contribution in [0.15, 0.2) is 76.3 Å². The van der Waals surface area contributed by atoms with E-state index >= 15 is 0 Å². The third-order valence-corrected chi connectivity index (χ3v) is 6.95. The van der Waals surface area contributed by atoms with Gasteiger partial charge < -0.3 is 5.11 Å². The fourth-order valence-corrected chi connectivity index (χ4v) is 4.88. The SMILES string of the molecule is Cn1c(=O)c2c(-c3cccc(C(=O)O)c3)n(Cc3cccc4ccccc34)nc2n(CC2CC2)c1=O. The van der Waals surface area contributed by atoms with Crippen molar-refractivity contribution in [1.29, 1.82) is 0 Å². The van der Waals surface area contributed by atoms with Crippen molar-refractivity contribution >= 4 is 27.8 Å². The Bertz CT molecular complexity index is 1780. The largest absolute Gasteiger partial charge is 0.478 e. The fraction of sp³-hybridized carbons (Fsp3) is 0.214. The molecule has 8 heteroatoms. The number of aromatic nitrogens is 4. The number of nitrogens with zero attached hydrogens (tertiary/aromatic N) is 4. The number of rotatable bonds is 6. The molecule has 5 aromatic rings. The zero-order valence-electron chi connectivity index (χ0n) is 19.7. The maximum atomic E-state index is 13.5. The molecule has 1 N–H and O–H groups in total. The van der Waals surface area contributed by atoms with Crippen LogP contribution < -0.4 is 11.2 Å². The van der Waals surface area contributed by atoms with E-state index in [4.69, 9.17) is 5.10 Å². The molecule has 1 saturated carbocycles. The molecule has 0 unspecified atom stereocenters. The van der Waals surface area contributed by atoms with Crippen molar-refractivity contribution < 1.29 is 9.90 Å². The molecule has 2 aromatic heterocycles. The molecule has 0 saturated heterocycles. The van der Waals surface area contributed by atoms with E-state index in [1.54, 1.807) is 27.4 Å². The van der Waals surface area contributed by atoms with Crippen LogP contribution in [0, 0.1) is 5.92 Å². The van der Waals surface area contributed by atoms with Crippen LogP contribution in [-0.2, 0) is 20.1 Å². The number of carboxylic acids is 1. The van der Waals surface area contributed by atoms with E-state index in [0.717, 1.165) is 33.7 Å². The van der Waals surface area contributed by atoms with Gasteiger partial charge >= 0.3 is 11.7 Å². The van der Waals surface area contributed by atoms with Crippen LogP contribution in [0.5, 0.6) is 0 Å². The lowest BCUT2D eigenvalue weighted by Crippen LogP contribution is -2.38. The molecule has 0 atom stereocenters. The Morgan fingerprint density at radius 1 is 1.03 bits per heavy atom. The van der Waals surface area contributed by atoms with Crippen molar-refractivity contribution in [2.75, 3.05) is 0 Å². The highest BCUT2D eigenvalue weighted by Gasteiger charge is 2.27. The van der Waals surface area contributed by atoms with Crippen molar-refractivity contribution in [2.45, 2.75) is 25.9 Å². The van der Waals surface area contributed by atoms with Gasteiger partial charge in [0.2, 0.25) is 0 Å². The van der Waals surface area contributed by atoms with Crippen molar-refractivity contribution in [1.82, 2.24) is 18.9 Å². The molecule has 0 amide bonds. The molecular weight excluding hydrogens is 456 g/mol. The zero-order valence-corrected chi connectivity index (χ0v) is 19.7. The second-order valence-corrected chi connectivity index (χ2v) is 9.43. The standard InChI is InChI=1S/C28H24N4O4/c1-30-26(33)23-24(19-8-5-9-20(14-19)27(34)35)32(29-25(23)31(28(30)36)15-17-12-13-17)16-21-10-4-7-18-6-2-3-11-22(18)21/h2-11,14,17H,12-13,15-16H2,1H3,(H,34,35). The van der Waals surface area contributed by atoms with E-state index in [9.17, 15) is 19.5 Å². The Morgan fingerprint density at radius 2 is 1.78 bits per heavy atom. The molecule has 3 aromatic carbocycles. The van der Waals surface area contributed by atoms with E-state index in [1.165, 1.54) is 13.1 Å². The van der Waals surface area contributed by atoms with Crippen LogP contribution in [-0.4, -0.2) is 30.0 Å². The van der Waals surface area contributed by atoms with Crippen LogP contribution in [0.1, 0.15) is 28.8 Å². The first-order valence-corrected chi connectivity index (χ1v) is 11.9. The average molecular weight is 481 g/mol. The van der Waals surface area contributed by atoms with Crippen LogP contribution in [0.2, 0.25) is 0 Å². The highest BCUT2D eigenvalue weighted by Crippen LogP contribution is 2.33. The average Bonchev–Trinajstić information content (AvgIpc) is 3.64. The van der Waals surface area contributed by atoms with Crippen molar-refractivity contribution in [3.63, 3.8) is 0 Å². The summed E-state index contributed by atoms with van der Waals surface area (Å²) in [6.07, 6.45) is 2.09. The summed E-state index contributed by atoms with van der Waals surface area (Å²) in [6, 6.07) is 20.6. The first-order valence-electron chi connectivity index (χ1n) is 11.9. The Morgan fingerprint density at radius 3 is 2.56 bits per heavy atom. The lowest BCUT2D eigenvalue weighted by atomic mass is 10.0. The van der Waals surface area contributed by atoms with E-state index in [1.807, 2.05) is 42.5 Å². The van der Waals surface area contributed by atoms with Crippen LogP contribution in [0.25, 0.3) is 33.1 Å². The minimum Gasteiger partial charge on any atom is -0.478 e. The van der Waals surface area contributed by atoms with Gasteiger partial charge in [0.1, 0.15) is 5.39 Å². The van der Waals surface area contributed by atoms with Gasteiger partial charge in [-0.1, -0.05) is 54.6 Å². The van der Waals surface area contributed by atoms with E-state index in [2.05, 4.69) is 0 Å². The summed E-state index contributed by atoms with van der Waals surface area (Å²) in [7, 11) is 1.48. The smallest absolute Gasteiger partial charge is 0.335 e. The highest BCUT2D eigenvalue weighted by atomic mass is 16.4. The summed E-state index contributed by atoms with van der Waals surface area (Å²) in [4.78, 5) is 38.3. The lowest BCUT2D eigenvalue weighted by molar-refractivity contribution is 0.0697. The molecule has 180 valence electrons. The molecule has 0 spiro atoms. The van der Waals surface area contributed by atoms with Crippen LogP contribution in [0.3, 0.4) is 0 Å². The maximum absolute atomic E-state index is 13.5. The third-order valence-electron chi connectivity index (χ3n) is 6.95. The highest BCUT2D eigenvalue weighted by molar-refractivity contribution is 5.94. The molecule has 1 aliphatic carbocycles. The number of carbonyl (C=O) groups is 1. The van der Waals surface area contributed by atoms with Gasteiger partial charge in [0, 0.05) is 19.2 Å². The van der Waals surface area contributed by atoms with Gasteiger partial charge in [-0.3, -0.25) is 18.6 Å². The van der Waals surface area contributed by atoms with Gasteiger partial charge in [-0.15, -0.1) is 0 Å². The minimum absolute atomic E-state index is 0.113. The number of benzene rings is 3.